The smallest absolute Gasteiger partial charge is 0.122 e. The number of carbonyl (C=O) groups excluding carboxylic acids is 1. The lowest BCUT2D eigenvalue weighted by Gasteiger charge is -2.18. The van der Waals surface area contributed by atoms with Crippen LogP contribution in [0.15, 0.2) is 0 Å². The molecule has 0 fully saturated rings. The fraction of sp³-hybridized carbons (Fsp3) is 0.600. The molecule has 1 unspecified atom stereocenters. The zero-order chi connectivity index (χ0) is 10.8. The zero-order valence-electron chi connectivity index (χ0n) is 8.70. The lowest BCUT2D eigenvalue weighted by atomic mass is 10.00. The Kier molecular flexibility index (Phi) is 3.39. The average molecular weight is 213 g/mol. The summed E-state index contributed by atoms with van der Waals surface area (Å²) in [6.45, 7) is 5.61. The summed E-state index contributed by atoms with van der Waals surface area (Å²) in [5.41, 5.74) is 0.0466. The maximum absolute atomic E-state index is 10.3. The van der Waals surface area contributed by atoms with Crippen molar-refractivity contribution in [2.24, 2.45) is 0 Å². The molecule has 0 aliphatic heterocycles. The van der Waals surface area contributed by atoms with Crippen molar-refractivity contribution in [3.8, 4) is 0 Å². The maximum atomic E-state index is 10.3. The van der Waals surface area contributed by atoms with Crippen molar-refractivity contribution in [3.63, 3.8) is 0 Å². The number of aryl methyl sites for hydroxylation is 2. The summed E-state index contributed by atoms with van der Waals surface area (Å²) in [7, 11) is 0. The number of aromatic nitrogens is 1. The second kappa shape index (κ2) is 4.19. The van der Waals surface area contributed by atoms with E-state index in [4.69, 9.17) is 0 Å². The third kappa shape index (κ3) is 2.89. The van der Waals surface area contributed by atoms with Crippen LogP contribution in [0.2, 0.25) is 0 Å². The van der Waals surface area contributed by atoms with Gasteiger partial charge in [-0.2, -0.15) is 0 Å². The standard InChI is InChI=1S/C10H15NO2S/c1-7-8(2)14-9(11-7)6-10(3,13)4-5-12/h5,13H,4,6H2,1-3H3. The van der Waals surface area contributed by atoms with Gasteiger partial charge in [0.2, 0.25) is 0 Å². The molecule has 0 aromatic carbocycles. The van der Waals surface area contributed by atoms with Crippen molar-refractivity contribution in [2.75, 3.05) is 0 Å². The number of thiazole rings is 1. The Morgan fingerprint density at radius 2 is 2.21 bits per heavy atom. The van der Waals surface area contributed by atoms with E-state index in [-0.39, 0.29) is 6.42 Å². The van der Waals surface area contributed by atoms with E-state index in [1.54, 1.807) is 18.3 Å². The van der Waals surface area contributed by atoms with Crippen LogP contribution < -0.4 is 0 Å². The van der Waals surface area contributed by atoms with Gasteiger partial charge in [0.15, 0.2) is 0 Å². The van der Waals surface area contributed by atoms with Crippen LogP contribution in [-0.2, 0) is 11.2 Å². The number of carbonyl (C=O) groups is 1. The number of aliphatic hydroxyl groups is 1. The third-order valence-electron chi connectivity index (χ3n) is 2.13. The van der Waals surface area contributed by atoms with Gasteiger partial charge < -0.3 is 9.90 Å². The summed E-state index contributed by atoms with van der Waals surface area (Å²) in [6, 6.07) is 0. The molecule has 0 amide bonds. The molecule has 1 heterocycles. The molecule has 0 aliphatic rings. The molecule has 0 saturated heterocycles. The van der Waals surface area contributed by atoms with E-state index < -0.39 is 5.60 Å². The van der Waals surface area contributed by atoms with Crippen molar-refractivity contribution in [2.45, 2.75) is 39.2 Å². The van der Waals surface area contributed by atoms with E-state index in [1.165, 1.54) is 4.88 Å². The van der Waals surface area contributed by atoms with Gasteiger partial charge in [0.1, 0.15) is 6.29 Å². The largest absolute Gasteiger partial charge is 0.389 e. The Bertz CT molecular complexity index is 311. The van der Waals surface area contributed by atoms with Crippen molar-refractivity contribution < 1.29 is 9.90 Å². The van der Waals surface area contributed by atoms with Crippen LogP contribution in [0.4, 0.5) is 0 Å². The number of hydrogen-bond donors (Lipinski definition) is 1. The molecule has 1 N–H and O–H groups in total. The monoisotopic (exact) mass is 213 g/mol. The minimum Gasteiger partial charge on any atom is -0.389 e. The molecule has 0 saturated carbocycles. The highest BCUT2D eigenvalue weighted by molar-refractivity contribution is 7.11. The molecule has 1 aromatic rings. The summed E-state index contributed by atoms with van der Waals surface area (Å²) in [5.74, 6) is 0. The molecule has 1 atom stereocenters. The molecule has 3 nitrogen and oxygen atoms in total. The first-order valence-corrected chi connectivity index (χ1v) is 5.35. The molecule has 1 aromatic heterocycles. The van der Waals surface area contributed by atoms with Crippen LogP contribution in [0.5, 0.6) is 0 Å². The summed E-state index contributed by atoms with van der Waals surface area (Å²) in [4.78, 5) is 15.8. The van der Waals surface area contributed by atoms with Gasteiger partial charge in [-0.1, -0.05) is 0 Å². The molecule has 0 spiro atoms. The summed E-state index contributed by atoms with van der Waals surface area (Å²) in [6.07, 6.45) is 1.35. The van der Waals surface area contributed by atoms with Crippen LogP contribution in [-0.4, -0.2) is 22.0 Å². The van der Waals surface area contributed by atoms with Gasteiger partial charge in [-0.15, -0.1) is 11.3 Å². The highest BCUT2D eigenvalue weighted by Crippen LogP contribution is 2.22. The minimum atomic E-state index is -0.960. The number of hydrogen-bond acceptors (Lipinski definition) is 4. The van der Waals surface area contributed by atoms with Crippen molar-refractivity contribution in [3.05, 3.63) is 15.6 Å². The Hall–Kier alpha value is -0.740. The molecule has 14 heavy (non-hydrogen) atoms. The van der Waals surface area contributed by atoms with E-state index in [1.807, 2.05) is 13.8 Å². The van der Waals surface area contributed by atoms with E-state index in [0.717, 1.165) is 17.0 Å². The maximum Gasteiger partial charge on any atom is 0.122 e. The number of aldehydes is 1. The molecule has 1 rings (SSSR count). The summed E-state index contributed by atoms with van der Waals surface area (Å²) >= 11 is 1.58. The van der Waals surface area contributed by atoms with Crippen LogP contribution >= 0.6 is 11.3 Å². The summed E-state index contributed by atoms with van der Waals surface area (Å²) < 4.78 is 0. The minimum absolute atomic E-state index is 0.157. The van der Waals surface area contributed by atoms with Crippen LogP contribution in [0.1, 0.15) is 28.9 Å². The van der Waals surface area contributed by atoms with E-state index >= 15 is 0 Å². The summed E-state index contributed by atoms with van der Waals surface area (Å²) in [5, 5.41) is 10.7. The van der Waals surface area contributed by atoms with Crippen molar-refractivity contribution >= 4 is 17.6 Å². The topological polar surface area (TPSA) is 50.2 Å². The Labute approximate surface area is 87.8 Å². The molecular formula is C10H15NO2S. The van der Waals surface area contributed by atoms with Gasteiger partial charge in [-0.3, -0.25) is 0 Å². The molecule has 0 radical (unpaired) electrons. The first kappa shape index (κ1) is 11.3. The van der Waals surface area contributed by atoms with Gasteiger partial charge in [-0.25, -0.2) is 4.98 Å². The second-order valence-electron chi connectivity index (χ2n) is 3.79. The van der Waals surface area contributed by atoms with Crippen LogP contribution in [0.25, 0.3) is 0 Å². The Balaban J connectivity index is 2.73. The fourth-order valence-electron chi connectivity index (χ4n) is 1.19. The van der Waals surface area contributed by atoms with E-state index in [2.05, 4.69) is 4.98 Å². The Morgan fingerprint density at radius 1 is 1.57 bits per heavy atom. The molecular weight excluding hydrogens is 198 g/mol. The third-order valence-corrected chi connectivity index (χ3v) is 3.20. The van der Waals surface area contributed by atoms with Crippen LogP contribution in [0, 0.1) is 13.8 Å². The van der Waals surface area contributed by atoms with Gasteiger partial charge in [0.05, 0.1) is 16.3 Å². The van der Waals surface area contributed by atoms with Crippen LogP contribution in [0.3, 0.4) is 0 Å². The molecule has 78 valence electrons. The highest BCUT2D eigenvalue weighted by atomic mass is 32.1. The van der Waals surface area contributed by atoms with Crippen molar-refractivity contribution in [1.82, 2.24) is 4.98 Å². The Morgan fingerprint density at radius 3 is 2.64 bits per heavy atom. The lowest BCUT2D eigenvalue weighted by Crippen LogP contribution is -2.27. The van der Waals surface area contributed by atoms with E-state index in [9.17, 15) is 9.90 Å². The normalized spacial score (nSPS) is 15.1. The average Bonchev–Trinajstić information content (AvgIpc) is 2.29. The number of nitrogens with zero attached hydrogens (tertiary/aromatic N) is 1. The van der Waals surface area contributed by atoms with Gasteiger partial charge in [0.25, 0.3) is 0 Å². The molecule has 0 aliphatic carbocycles. The number of rotatable bonds is 4. The first-order valence-electron chi connectivity index (χ1n) is 4.53. The van der Waals surface area contributed by atoms with Gasteiger partial charge in [-0.05, 0) is 20.8 Å². The predicted molar refractivity (Wildman–Crippen MR) is 56.6 cm³/mol. The van der Waals surface area contributed by atoms with Gasteiger partial charge in [0, 0.05) is 17.7 Å². The lowest BCUT2D eigenvalue weighted by molar-refractivity contribution is -0.111. The van der Waals surface area contributed by atoms with E-state index in [0.29, 0.717) is 6.42 Å². The van der Waals surface area contributed by atoms with Gasteiger partial charge >= 0.3 is 0 Å². The highest BCUT2D eigenvalue weighted by Gasteiger charge is 2.22. The SMILES string of the molecule is Cc1nc(CC(C)(O)CC=O)sc1C. The second-order valence-corrected chi connectivity index (χ2v) is 5.08. The molecule has 4 heteroatoms. The zero-order valence-corrected chi connectivity index (χ0v) is 9.52. The predicted octanol–water partition coefficient (Wildman–Crippen LogP) is 1.64. The molecule has 0 bridgehead atoms. The first-order chi connectivity index (χ1) is 6.44. The van der Waals surface area contributed by atoms with Crippen molar-refractivity contribution in [1.29, 1.82) is 0 Å². The fourth-order valence-corrected chi connectivity index (χ4v) is 2.30. The quantitative estimate of drug-likeness (QED) is 0.774.